The Bertz CT molecular complexity index is 582. The predicted octanol–water partition coefficient (Wildman–Crippen LogP) is 2.02. The van der Waals surface area contributed by atoms with Crippen molar-refractivity contribution >= 4 is 32.8 Å². The minimum absolute atomic E-state index is 0.158. The van der Waals surface area contributed by atoms with Crippen molar-refractivity contribution in [3.63, 3.8) is 0 Å². The molecule has 0 amide bonds. The number of nitrogens with one attached hydrogen (secondary N) is 1. The number of nitrogens with two attached hydrogens (primary N) is 1. The summed E-state index contributed by atoms with van der Waals surface area (Å²) in [6.45, 7) is 0. The van der Waals surface area contributed by atoms with Gasteiger partial charge in [0.1, 0.15) is 11.9 Å². The third-order valence-electron chi connectivity index (χ3n) is 2.55. The van der Waals surface area contributed by atoms with Gasteiger partial charge in [0, 0.05) is 22.5 Å². The summed E-state index contributed by atoms with van der Waals surface area (Å²) >= 11 is 3.20. The van der Waals surface area contributed by atoms with E-state index in [-0.39, 0.29) is 12.2 Å². The Morgan fingerprint density at radius 2 is 2.29 bits per heavy atom. The molecule has 0 fully saturated rings. The molecule has 0 saturated heterocycles. The molecule has 0 unspecified atom stereocenters. The summed E-state index contributed by atoms with van der Waals surface area (Å²) < 4.78 is 14.2. The fourth-order valence-electron chi connectivity index (χ4n) is 1.70. The average Bonchev–Trinajstić information content (AvgIpc) is 2.61. The number of carbonyl (C=O) groups is 1. The number of halogens is 2. The first-order valence-corrected chi connectivity index (χ1v) is 5.71. The Kier molecular flexibility index (Phi) is 3.17. The van der Waals surface area contributed by atoms with Crippen LogP contribution in [0.4, 0.5) is 4.39 Å². The summed E-state index contributed by atoms with van der Waals surface area (Å²) in [5.41, 5.74) is 6.51. The van der Waals surface area contributed by atoms with Gasteiger partial charge in [0.2, 0.25) is 0 Å². The predicted molar refractivity (Wildman–Crippen MR) is 65.3 cm³/mol. The molecule has 4 nitrogen and oxygen atoms in total. The normalized spacial score (nSPS) is 12.9. The quantitative estimate of drug-likeness (QED) is 0.811. The van der Waals surface area contributed by atoms with Crippen LogP contribution in [0.1, 0.15) is 5.56 Å². The largest absolute Gasteiger partial charge is 0.480 e. The van der Waals surface area contributed by atoms with Gasteiger partial charge >= 0.3 is 5.97 Å². The molecule has 1 aromatic carbocycles. The van der Waals surface area contributed by atoms with Gasteiger partial charge in [-0.1, -0.05) is 15.9 Å². The molecular weight excluding hydrogens is 291 g/mol. The summed E-state index contributed by atoms with van der Waals surface area (Å²) in [5.74, 6) is -1.46. The van der Waals surface area contributed by atoms with E-state index >= 15 is 0 Å². The highest BCUT2D eigenvalue weighted by Gasteiger charge is 2.16. The van der Waals surface area contributed by atoms with Crippen molar-refractivity contribution in [2.45, 2.75) is 12.5 Å². The van der Waals surface area contributed by atoms with E-state index in [9.17, 15) is 9.18 Å². The minimum Gasteiger partial charge on any atom is -0.480 e. The Morgan fingerprint density at radius 3 is 2.94 bits per heavy atom. The van der Waals surface area contributed by atoms with Crippen LogP contribution in [0.25, 0.3) is 10.9 Å². The lowest BCUT2D eigenvalue weighted by Crippen LogP contribution is -2.32. The number of fused-ring (bicyclic) bond motifs is 1. The van der Waals surface area contributed by atoms with Gasteiger partial charge in [0.15, 0.2) is 0 Å². The summed E-state index contributed by atoms with van der Waals surface area (Å²) in [6, 6.07) is 2.09. The van der Waals surface area contributed by atoms with Crippen LogP contribution in [0.5, 0.6) is 0 Å². The number of hydrogen-bond donors (Lipinski definition) is 3. The van der Waals surface area contributed by atoms with Crippen LogP contribution >= 0.6 is 15.9 Å². The first kappa shape index (κ1) is 12.1. The fraction of sp³-hybridized carbons (Fsp3) is 0.182. The minimum atomic E-state index is -1.07. The van der Waals surface area contributed by atoms with E-state index in [1.165, 1.54) is 6.07 Å². The molecule has 0 saturated carbocycles. The zero-order chi connectivity index (χ0) is 12.6. The lowest BCUT2D eigenvalue weighted by molar-refractivity contribution is -0.138. The van der Waals surface area contributed by atoms with Crippen LogP contribution in [-0.2, 0) is 11.2 Å². The van der Waals surface area contributed by atoms with Crippen LogP contribution < -0.4 is 5.73 Å². The molecule has 0 aliphatic carbocycles. The molecule has 90 valence electrons. The number of aliphatic carboxylic acids is 1. The molecule has 2 aromatic rings. The molecule has 0 aliphatic heterocycles. The SMILES string of the molecule is N[C@@H](Cc1c[nH]c2c(F)cc(Br)cc12)C(=O)O. The van der Waals surface area contributed by atoms with Crippen LogP contribution in [-0.4, -0.2) is 22.1 Å². The standard InChI is InChI=1S/C11H10BrFN2O2/c12-6-2-7-5(1-9(14)11(16)17)4-15-10(7)8(13)3-6/h2-4,9,15H,1,14H2,(H,16,17)/t9-/m0/s1. The lowest BCUT2D eigenvalue weighted by Gasteiger charge is -2.05. The van der Waals surface area contributed by atoms with E-state index in [1.807, 2.05) is 0 Å². The van der Waals surface area contributed by atoms with E-state index in [2.05, 4.69) is 20.9 Å². The van der Waals surface area contributed by atoms with Crippen molar-refractivity contribution in [3.8, 4) is 0 Å². The van der Waals surface area contributed by atoms with Gasteiger partial charge in [0.25, 0.3) is 0 Å². The zero-order valence-corrected chi connectivity index (χ0v) is 10.3. The third kappa shape index (κ3) is 2.32. The monoisotopic (exact) mass is 300 g/mol. The average molecular weight is 301 g/mol. The Morgan fingerprint density at radius 1 is 1.59 bits per heavy atom. The van der Waals surface area contributed by atoms with E-state index in [4.69, 9.17) is 10.8 Å². The molecule has 1 heterocycles. The molecular formula is C11H10BrFN2O2. The number of benzene rings is 1. The van der Waals surface area contributed by atoms with Gasteiger partial charge < -0.3 is 15.8 Å². The molecule has 17 heavy (non-hydrogen) atoms. The third-order valence-corrected chi connectivity index (χ3v) is 3.01. The van der Waals surface area contributed by atoms with E-state index in [0.717, 1.165) is 0 Å². The lowest BCUT2D eigenvalue weighted by atomic mass is 10.1. The Balaban J connectivity index is 2.45. The summed E-state index contributed by atoms with van der Waals surface area (Å²) in [6.07, 6.45) is 1.74. The molecule has 1 atom stereocenters. The first-order chi connectivity index (χ1) is 7.99. The Hall–Kier alpha value is -1.40. The van der Waals surface area contributed by atoms with Crippen LogP contribution in [0.15, 0.2) is 22.8 Å². The second kappa shape index (κ2) is 4.46. The van der Waals surface area contributed by atoms with Crippen molar-refractivity contribution in [2.75, 3.05) is 0 Å². The molecule has 4 N–H and O–H groups in total. The number of aromatic nitrogens is 1. The molecule has 0 bridgehead atoms. The number of H-pyrrole nitrogens is 1. The van der Waals surface area contributed by atoms with Crippen molar-refractivity contribution in [1.82, 2.24) is 4.98 Å². The van der Waals surface area contributed by atoms with Gasteiger partial charge in [0.05, 0.1) is 5.52 Å². The van der Waals surface area contributed by atoms with Gasteiger partial charge in [-0.05, 0) is 17.7 Å². The summed E-state index contributed by atoms with van der Waals surface area (Å²) in [5, 5.41) is 9.39. The number of rotatable bonds is 3. The maximum absolute atomic E-state index is 13.5. The molecule has 2 rings (SSSR count). The topological polar surface area (TPSA) is 79.1 Å². The number of carboxylic acid groups (broad SMARTS) is 1. The second-order valence-corrected chi connectivity index (χ2v) is 4.69. The highest BCUT2D eigenvalue weighted by Crippen LogP contribution is 2.26. The smallest absolute Gasteiger partial charge is 0.320 e. The van der Waals surface area contributed by atoms with E-state index in [1.54, 1.807) is 12.3 Å². The van der Waals surface area contributed by atoms with Crippen molar-refractivity contribution in [3.05, 3.63) is 34.2 Å². The van der Waals surface area contributed by atoms with Crippen molar-refractivity contribution < 1.29 is 14.3 Å². The molecule has 0 aliphatic rings. The molecule has 0 radical (unpaired) electrons. The van der Waals surface area contributed by atoms with E-state index < -0.39 is 12.0 Å². The van der Waals surface area contributed by atoms with Gasteiger partial charge in [-0.3, -0.25) is 4.79 Å². The number of aromatic amines is 1. The fourth-order valence-corrected chi connectivity index (χ4v) is 2.13. The summed E-state index contributed by atoms with van der Waals surface area (Å²) in [4.78, 5) is 13.5. The highest BCUT2D eigenvalue weighted by molar-refractivity contribution is 9.10. The first-order valence-electron chi connectivity index (χ1n) is 4.92. The van der Waals surface area contributed by atoms with Crippen molar-refractivity contribution in [1.29, 1.82) is 0 Å². The van der Waals surface area contributed by atoms with Crippen LogP contribution in [0.2, 0.25) is 0 Å². The summed E-state index contributed by atoms with van der Waals surface area (Å²) in [7, 11) is 0. The second-order valence-electron chi connectivity index (χ2n) is 3.77. The van der Waals surface area contributed by atoms with Gasteiger partial charge in [-0.25, -0.2) is 4.39 Å². The number of hydrogen-bond acceptors (Lipinski definition) is 2. The van der Waals surface area contributed by atoms with Gasteiger partial charge in [-0.15, -0.1) is 0 Å². The molecule has 0 spiro atoms. The molecule has 1 aromatic heterocycles. The molecule has 6 heteroatoms. The Labute approximate surface area is 105 Å². The van der Waals surface area contributed by atoms with E-state index in [0.29, 0.717) is 20.9 Å². The maximum Gasteiger partial charge on any atom is 0.320 e. The van der Waals surface area contributed by atoms with Crippen LogP contribution in [0.3, 0.4) is 0 Å². The van der Waals surface area contributed by atoms with Gasteiger partial charge in [-0.2, -0.15) is 0 Å². The maximum atomic E-state index is 13.5. The van der Waals surface area contributed by atoms with Crippen LogP contribution in [0, 0.1) is 5.82 Å². The van der Waals surface area contributed by atoms with Crippen molar-refractivity contribution in [2.24, 2.45) is 5.73 Å². The number of carboxylic acids is 1. The zero-order valence-electron chi connectivity index (χ0n) is 8.71. The highest BCUT2D eigenvalue weighted by atomic mass is 79.9.